The van der Waals surface area contributed by atoms with E-state index in [0.717, 1.165) is 12.8 Å². The minimum Gasteiger partial charge on any atom is -0.391 e. The van der Waals surface area contributed by atoms with Crippen molar-refractivity contribution in [2.45, 2.75) is 51.7 Å². The van der Waals surface area contributed by atoms with Gasteiger partial charge in [-0.2, -0.15) is 5.10 Å². The number of piperidine rings is 2. The molecule has 1 aromatic heterocycles. The van der Waals surface area contributed by atoms with Crippen LogP contribution in [0, 0.1) is 5.41 Å². The number of nitrogens with one attached hydrogen (secondary N) is 1. The van der Waals surface area contributed by atoms with Gasteiger partial charge < -0.3 is 14.9 Å². The third-order valence-electron chi connectivity index (χ3n) is 5.85. The molecule has 1 aromatic rings. The van der Waals surface area contributed by atoms with E-state index < -0.39 is 11.6 Å². The Labute approximate surface area is 142 Å². The summed E-state index contributed by atoms with van der Waals surface area (Å²) in [5.41, 5.74) is -0.146. The van der Waals surface area contributed by atoms with E-state index in [4.69, 9.17) is 0 Å². The van der Waals surface area contributed by atoms with E-state index >= 15 is 0 Å². The van der Waals surface area contributed by atoms with Crippen LogP contribution in [0.15, 0.2) is 12.3 Å². The summed E-state index contributed by atoms with van der Waals surface area (Å²) in [4.78, 5) is 28.1. The lowest BCUT2D eigenvalue weighted by molar-refractivity contribution is -0.156. The molecule has 0 unspecified atom stereocenters. The van der Waals surface area contributed by atoms with Crippen molar-refractivity contribution in [3.63, 3.8) is 0 Å². The van der Waals surface area contributed by atoms with Gasteiger partial charge in [0, 0.05) is 32.8 Å². The van der Waals surface area contributed by atoms with Crippen LogP contribution in [-0.4, -0.2) is 68.2 Å². The van der Waals surface area contributed by atoms with Crippen molar-refractivity contribution in [1.29, 1.82) is 0 Å². The van der Waals surface area contributed by atoms with Gasteiger partial charge in [0.05, 0.1) is 11.6 Å². The average Bonchev–Trinajstić information content (AvgIpc) is 3.05. The summed E-state index contributed by atoms with van der Waals surface area (Å²) in [5, 5.41) is 17.1. The third-order valence-corrected chi connectivity index (χ3v) is 5.85. The fourth-order valence-corrected chi connectivity index (χ4v) is 4.05. The summed E-state index contributed by atoms with van der Waals surface area (Å²) in [6.45, 7) is 7.32. The minimum absolute atomic E-state index is 0.00547. The molecule has 2 aliphatic heterocycles. The number of likely N-dealkylation sites (tertiary alicyclic amines) is 2. The van der Waals surface area contributed by atoms with Gasteiger partial charge in [0.1, 0.15) is 5.69 Å². The average molecular weight is 334 g/mol. The first-order chi connectivity index (χ1) is 11.3. The number of aliphatic hydroxyl groups is 1. The van der Waals surface area contributed by atoms with Gasteiger partial charge in [-0.25, -0.2) is 0 Å². The second-order valence-electron chi connectivity index (χ2n) is 7.74. The molecule has 3 rings (SSSR count). The van der Waals surface area contributed by atoms with Gasteiger partial charge in [-0.3, -0.25) is 14.7 Å². The Morgan fingerprint density at radius 1 is 1.33 bits per heavy atom. The molecule has 7 heteroatoms. The second-order valence-corrected chi connectivity index (χ2v) is 7.74. The quantitative estimate of drug-likeness (QED) is 0.802. The van der Waals surface area contributed by atoms with Gasteiger partial charge in [0.15, 0.2) is 0 Å². The molecule has 0 saturated carbocycles. The number of hydrogen-bond donors (Lipinski definition) is 2. The summed E-state index contributed by atoms with van der Waals surface area (Å²) in [5.74, 6) is -0.0449. The fraction of sp³-hybridized carbons (Fsp3) is 0.706. The second kappa shape index (κ2) is 5.88. The molecule has 3 heterocycles. The lowest BCUT2D eigenvalue weighted by atomic mass is 9.67. The van der Waals surface area contributed by atoms with Gasteiger partial charge in [0.25, 0.3) is 5.91 Å². The van der Waals surface area contributed by atoms with Crippen LogP contribution in [0.4, 0.5) is 0 Å². The number of amides is 2. The lowest BCUT2D eigenvalue weighted by Crippen LogP contribution is -2.64. The molecule has 0 radical (unpaired) electrons. The molecule has 2 aliphatic rings. The Morgan fingerprint density at radius 3 is 2.54 bits per heavy atom. The lowest BCUT2D eigenvalue weighted by Gasteiger charge is -2.55. The molecular formula is C17H26N4O3. The first-order valence-corrected chi connectivity index (χ1v) is 8.50. The van der Waals surface area contributed by atoms with Crippen molar-refractivity contribution in [1.82, 2.24) is 20.0 Å². The standard InChI is InChI=1S/C17H26N4O3/c1-12(22)21-11-17(10-14(23)16(21,2)3)5-8-20(9-6-17)15(24)13-4-7-18-19-13/h4,7,14,23H,5-6,8-11H2,1-3H3,(H,18,19)/t14-/m0/s1. The Morgan fingerprint density at radius 2 is 2.00 bits per heavy atom. The maximum atomic E-state index is 12.4. The van der Waals surface area contributed by atoms with E-state index in [1.807, 2.05) is 18.7 Å². The molecule has 2 amide bonds. The fourth-order valence-electron chi connectivity index (χ4n) is 4.05. The molecule has 2 fully saturated rings. The van der Waals surface area contributed by atoms with Crippen LogP contribution >= 0.6 is 0 Å². The summed E-state index contributed by atoms with van der Waals surface area (Å²) in [7, 11) is 0. The van der Waals surface area contributed by atoms with Crippen molar-refractivity contribution in [3.8, 4) is 0 Å². The number of rotatable bonds is 1. The maximum absolute atomic E-state index is 12.4. The highest BCUT2D eigenvalue weighted by molar-refractivity contribution is 5.92. The summed E-state index contributed by atoms with van der Waals surface area (Å²) < 4.78 is 0. The zero-order valence-electron chi connectivity index (χ0n) is 14.6. The number of aliphatic hydroxyl groups excluding tert-OH is 1. The van der Waals surface area contributed by atoms with E-state index in [2.05, 4.69) is 10.2 Å². The van der Waals surface area contributed by atoms with Gasteiger partial charge in [-0.1, -0.05) is 0 Å². The molecule has 7 nitrogen and oxygen atoms in total. The van der Waals surface area contributed by atoms with Crippen molar-refractivity contribution in [3.05, 3.63) is 18.0 Å². The molecule has 24 heavy (non-hydrogen) atoms. The van der Waals surface area contributed by atoms with Gasteiger partial charge in [-0.15, -0.1) is 0 Å². The normalized spacial score (nSPS) is 25.8. The van der Waals surface area contributed by atoms with Crippen molar-refractivity contribution in [2.75, 3.05) is 19.6 Å². The first kappa shape index (κ1) is 17.0. The largest absolute Gasteiger partial charge is 0.391 e. The number of hydrogen-bond acceptors (Lipinski definition) is 4. The Hall–Kier alpha value is -1.89. The number of H-pyrrole nitrogens is 1. The number of aromatic nitrogens is 2. The van der Waals surface area contributed by atoms with Crippen LogP contribution in [0.1, 0.15) is 50.5 Å². The smallest absolute Gasteiger partial charge is 0.271 e. The van der Waals surface area contributed by atoms with Crippen molar-refractivity contribution in [2.24, 2.45) is 5.41 Å². The van der Waals surface area contributed by atoms with E-state index in [1.54, 1.807) is 24.1 Å². The molecule has 2 N–H and O–H groups in total. The SMILES string of the molecule is CC(=O)N1CC2(CCN(C(=O)c3ccn[nH]3)CC2)C[C@H](O)C1(C)C. The molecule has 0 aliphatic carbocycles. The topological polar surface area (TPSA) is 89.5 Å². The molecular weight excluding hydrogens is 308 g/mol. The summed E-state index contributed by atoms with van der Waals surface area (Å²) >= 11 is 0. The van der Waals surface area contributed by atoms with E-state index in [-0.39, 0.29) is 17.2 Å². The minimum atomic E-state index is -0.551. The molecule has 1 atom stereocenters. The van der Waals surface area contributed by atoms with Crippen molar-refractivity contribution < 1.29 is 14.7 Å². The van der Waals surface area contributed by atoms with Gasteiger partial charge >= 0.3 is 0 Å². The van der Waals surface area contributed by atoms with E-state index in [9.17, 15) is 14.7 Å². The Kier molecular flexibility index (Phi) is 4.15. The highest BCUT2D eigenvalue weighted by Crippen LogP contribution is 2.45. The van der Waals surface area contributed by atoms with Gasteiger partial charge in [-0.05, 0) is 44.6 Å². The maximum Gasteiger partial charge on any atom is 0.271 e. The third kappa shape index (κ3) is 2.81. The predicted molar refractivity (Wildman–Crippen MR) is 88.2 cm³/mol. The van der Waals surface area contributed by atoms with Crippen LogP contribution in [-0.2, 0) is 4.79 Å². The van der Waals surface area contributed by atoms with Crippen LogP contribution in [0.5, 0.6) is 0 Å². The molecule has 1 spiro atoms. The number of nitrogens with zero attached hydrogens (tertiary/aromatic N) is 3. The van der Waals surface area contributed by atoms with Gasteiger partial charge in [0.2, 0.25) is 5.91 Å². The zero-order chi connectivity index (χ0) is 17.5. The molecule has 132 valence electrons. The number of carbonyl (C=O) groups is 2. The molecule has 0 bridgehead atoms. The Balaban J connectivity index is 1.71. The predicted octanol–water partition coefficient (Wildman–Crippen LogP) is 1.02. The molecule has 0 aromatic carbocycles. The van der Waals surface area contributed by atoms with E-state index in [1.165, 1.54) is 0 Å². The van der Waals surface area contributed by atoms with Crippen molar-refractivity contribution >= 4 is 11.8 Å². The first-order valence-electron chi connectivity index (χ1n) is 8.50. The summed E-state index contributed by atoms with van der Waals surface area (Å²) in [6, 6.07) is 1.68. The summed E-state index contributed by atoms with van der Waals surface area (Å²) in [6.07, 6.45) is 3.29. The molecule has 2 saturated heterocycles. The number of aromatic amines is 1. The highest BCUT2D eigenvalue weighted by Gasteiger charge is 2.50. The monoisotopic (exact) mass is 334 g/mol. The Bertz CT molecular complexity index is 618. The zero-order valence-corrected chi connectivity index (χ0v) is 14.6. The number of carbonyl (C=O) groups excluding carboxylic acids is 2. The van der Waals surface area contributed by atoms with Crippen LogP contribution in [0.3, 0.4) is 0 Å². The van der Waals surface area contributed by atoms with Crippen LogP contribution < -0.4 is 0 Å². The van der Waals surface area contributed by atoms with Crippen LogP contribution in [0.2, 0.25) is 0 Å². The highest BCUT2D eigenvalue weighted by atomic mass is 16.3. The van der Waals surface area contributed by atoms with E-state index in [0.29, 0.717) is 31.7 Å². The van der Waals surface area contributed by atoms with Crippen LogP contribution in [0.25, 0.3) is 0 Å².